The Bertz CT molecular complexity index is 261. The highest BCUT2D eigenvalue weighted by Gasteiger charge is 2.56. The van der Waals surface area contributed by atoms with Crippen molar-refractivity contribution in [2.75, 3.05) is 13.1 Å². The first-order chi connectivity index (χ1) is 8.24. The van der Waals surface area contributed by atoms with E-state index < -0.39 is 17.5 Å². The van der Waals surface area contributed by atoms with Crippen molar-refractivity contribution in [3.8, 4) is 0 Å². The molecule has 0 saturated heterocycles. The lowest BCUT2D eigenvalue weighted by Gasteiger charge is -2.35. The monoisotopic (exact) mass is 267 g/mol. The Balaban J connectivity index is 5.03. The summed E-state index contributed by atoms with van der Waals surface area (Å²) in [6, 6.07) is 0. The van der Waals surface area contributed by atoms with Gasteiger partial charge in [0.15, 0.2) is 0 Å². The van der Waals surface area contributed by atoms with Crippen molar-refractivity contribution < 1.29 is 18.0 Å². The van der Waals surface area contributed by atoms with Crippen LogP contribution in [0.3, 0.4) is 0 Å². The Morgan fingerprint density at radius 1 is 1.06 bits per heavy atom. The lowest BCUT2D eigenvalue weighted by Crippen LogP contribution is -2.50. The highest BCUT2D eigenvalue weighted by Crippen LogP contribution is 2.43. The van der Waals surface area contributed by atoms with Gasteiger partial charge in [-0.1, -0.05) is 26.2 Å². The molecule has 0 radical (unpaired) electrons. The third-order valence-corrected chi connectivity index (χ3v) is 3.43. The fourth-order valence-electron chi connectivity index (χ4n) is 1.96. The van der Waals surface area contributed by atoms with E-state index in [1.165, 1.54) is 4.90 Å². The smallest absolute Gasteiger partial charge is 0.342 e. The van der Waals surface area contributed by atoms with Crippen LogP contribution in [0.5, 0.6) is 0 Å². The van der Waals surface area contributed by atoms with Crippen LogP contribution in [0.1, 0.15) is 53.4 Å². The van der Waals surface area contributed by atoms with Crippen LogP contribution in [0, 0.1) is 5.41 Å². The lowest BCUT2D eigenvalue weighted by molar-refractivity contribution is -0.224. The topological polar surface area (TPSA) is 20.3 Å². The van der Waals surface area contributed by atoms with Gasteiger partial charge < -0.3 is 4.90 Å². The number of rotatable bonds is 7. The Hall–Kier alpha value is -0.740. The van der Waals surface area contributed by atoms with E-state index in [2.05, 4.69) is 0 Å². The van der Waals surface area contributed by atoms with Gasteiger partial charge in [0, 0.05) is 13.1 Å². The summed E-state index contributed by atoms with van der Waals surface area (Å²) in [5.74, 6) is -0.795. The lowest BCUT2D eigenvalue weighted by atomic mass is 9.82. The molecule has 0 aliphatic rings. The maximum absolute atomic E-state index is 13.2. The molecular formula is C13H24F3NO. The molecule has 108 valence electrons. The zero-order valence-corrected chi connectivity index (χ0v) is 11.7. The van der Waals surface area contributed by atoms with Crippen LogP contribution in [0.15, 0.2) is 0 Å². The number of carbonyl (C=O) groups is 1. The average molecular weight is 267 g/mol. The number of nitrogens with zero attached hydrogens (tertiary/aromatic N) is 1. The Labute approximate surface area is 108 Å². The molecule has 18 heavy (non-hydrogen) atoms. The quantitative estimate of drug-likeness (QED) is 0.638. The average Bonchev–Trinajstić information content (AvgIpc) is 2.29. The van der Waals surface area contributed by atoms with Gasteiger partial charge in [-0.3, -0.25) is 4.79 Å². The number of carbonyl (C=O) groups excluding carboxylic acids is 1. The van der Waals surface area contributed by atoms with Crippen molar-refractivity contribution >= 4 is 5.91 Å². The predicted molar refractivity (Wildman–Crippen MR) is 66.2 cm³/mol. The SMILES string of the molecule is CCCCCC(C)(C(=O)N(CC)CC)C(F)(F)F. The minimum atomic E-state index is -4.49. The van der Waals surface area contributed by atoms with Crippen LogP contribution >= 0.6 is 0 Å². The molecule has 5 heteroatoms. The summed E-state index contributed by atoms with van der Waals surface area (Å²) in [7, 11) is 0. The summed E-state index contributed by atoms with van der Waals surface area (Å²) >= 11 is 0. The molecule has 1 atom stereocenters. The number of amides is 1. The molecule has 0 aromatic carbocycles. The summed E-state index contributed by atoms with van der Waals surface area (Å²) in [6.45, 7) is 6.98. The number of alkyl halides is 3. The second kappa shape index (κ2) is 7.00. The van der Waals surface area contributed by atoms with E-state index in [0.29, 0.717) is 19.5 Å². The molecule has 0 rings (SSSR count). The van der Waals surface area contributed by atoms with Crippen LogP contribution < -0.4 is 0 Å². The number of hydrogen-bond acceptors (Lipinski definition) is 1. The van der Waals surface area contributed by atoms with Gasteiger partial charge in [-0.2, -0.15) is 13.2 Å². The summed E-state index contributed by atoms with van der Waals surface area (Å²) in [4.78, 5) is 13.3. The Kier molecular flexibility index (Phi) is 6.71. The van der Waals surface area contributed by atoms with Gasteiger partial charge in [0.1, 0.15) is 5.41 Å². The fourth-order valence-corrected chi connectivity index (χ4v) is 1.96. The van der Waals surface area contributed by atoms with Crippen molar-refractivity contribution in [3.05, 3.63) is 0 Å². The summed E-state index contributed by atoms with van der Waals surface area (Å²) in [5.41, 5.74) is -2.24. The van der Waals surface area contributed by atoms with E-state index in [1.807, 2.05) is 6.92 Å². The van der Waals surface area contributed by atoms with Crippen LogP contribution in [0.2, 0.25) is 0 Å². The van der Waals surface area contributed by atoms with Crippen molar-refractivity contribution in [2.45, 2.75) is 59.6 Å². The number of halogens is 3. The molecule has 0 heterocycles. The summed E-state index contributed by atoms with van der Waals surface area (Å²) in [6.07, 6.45) is -2.62. The van der Waals surface area contributed by atoms with E-state index in [4.69, 9.17) is 0 Å². The minimum absolute atomic E-state index is 0.125. The molecule has 0 aromatic heterocycles. The van der Waals surface area contributed by atoms with Gasteiger partial charge in [0.2, 0.25) is 5.91 Å². The van der Waals surface area contributed by atoms with Crippen LogP contribution in [-0.4, -0.2) is 30.1 Å². The second-order valence-corrected chi connectivity index (χ2v) is 4.76. The summed E-state index contributed by atoms with van der Waals surface area (Å²) in [5, 5.41) is 0. The molecule has 0 aliphatic heterocycles. The zero-order valence-electron chi connectivity index (χ0n) is 11.7. The molecule has 0 fully saturated rings. The van der Waals surface area contributed by atoms with Crippen LogP contribution in [0.4, 0.5) is 13.2 Å². The van der Waals surface area contributed by atoms with Gasteiger partial charge in [-0.05, 0) is 27.2 Å². The second-order valence-electron chi connectivity index (χ2n) is 4.76. The molecule has 0 aromatic rings. The summed E-state index contributed by atoms with van der Waals surface area (Å²) < 4.78 is 39.5. The largest absolute Gasteiger partial charge is 0.402 e. The van der Waals surface area contributed by atoms with Crippen molar-refractivity contribution in [3.63, 3.8) is 0 Å². The van der Waals surface area contributed by atoms with Crippen LogP contribution in [0.25, 0.3) is 0 Å². The molecular weight excluding hydrogens is 243 g/mol. The first-order valence-electron chi connectivity index (χ1n) is 6.60. The molecule has 1 unspecified atom stereocenters. The van der Waals surface area contributed by atoms with Gasteiger partial charge in [-0.15, -0.1) is 0 Å². The molecule has 2 nitrogen and oxygen atoms in total. The molecule has 0 aliphatic carbocycles. The Morgan fingerprint density at radius 2 is 1.56 bits per heavy atom. The molecule has 0 saturated carbocycles. The third-order valence-electron chi connectivity index (χ3n) is 3.43. The first-order valence-corrected chi connectivity index (χ1v) is 6.60. The van der Waals surface area contributed by atoms with Crippen molar-refractivity contribution in [2.24, 2.45) is 5.41 Å². The third kappa shape index (κ3) is 3.89. The van der Waals surface area contributed by atoms with E-state index in [9.17, 15) is 18.0 Å². The maximum atomic E-state index is 13.2. The molecule has 0 spiro atoms. The van der Waals surface area contributed by atoms with E-state index in [1.54, 1.807) is 13.8 Å². The van der Waals surface area contributed by atoms with E-state index in [-0.39, 0.29) is 6.42 Å². The van der Waals surface area contributed by atoms with Gasteiger partial charge in [0.05, 0.1) is 0 Å². The van der Waals surface area contributed by atoms with Crippen molar-refractivity contribution in [1.29, 1.82) is 0 Å². The van der Waals surface area contributed by atoms with Gasteiger partial charge in [0.25, 0.3) is 0 Å². The van der Waals surface area contributed by atoms with Crippen molar-refractivity contribution in [1.82, 2.24) is 4.90 Å². The number of hydrogen-bond donors (Lipinski definition) is 0. The number of unbranched alkanes of at least 4 members (excludes halogenated alkanes) is 2. The molecule has 1 amide bonds. The van der Waals surface area contributed by atoms with E-state index in [0.717, 1.165) is 19.8 Å². The predicted octanol–water partition coefficient (Wildman–Crippen LogP) is 4.00. The maximum Gasteiger partial charge on any atom is 0.402 e. The van der Waals surface area contributed by atoms with E-state index >= 15 is 0 Å². The standard InChI is InChI=1S/C13H24F3NO/c1-5-8-9-10-12(4,13(14,15)16)11(18)17(6-2)7-3/h5-10H2,1-4H3. The highest BCUT2D eigenvalue weighted by molar-refractivity contribution is 5.83. The minimum Gasteiger partial charge on any atom is -0.342 e. The van der Waals surface area contributed by atoms with Gasteiger partial charge in [-0.25, -0.2) is 0 Å². The normalized spacial score (nSPS) is 15.3. The van der Waals surface area contributed by atoms with Crippen LogP contribution in [-0.2, 0) is 4.79 Å². The first kappa shape index (κ1) is 17.3. The zero-order chi connectivity index (χ0) is 14.4. The fraction of sp³-hybridized carbons (Fsp3) is 0.923. The highest BCUT2D eigenvalue weighted by atomic mass is 19.4. The van der Waals surface area contributed by atoms with Gasteiger partial charge >= 0.3 is 6.18 Å². The molecule has 0 bridgehead atoms. The Morgan fingerprint density at radius 3 is 1.89 bits per heavy atom. The molecule has 0 N–H and O–H groups in total.